The Bertz CT molecular complexity index is 642. The average molecular weight is 284 g/mol. The van der Waals surface area contributed by atoms with Crippen molar-refractivity contribution in [3.63, 3.8) is 0 Å². The van der Waals surface area contributed by atoms with Crippen molar-refractivity contribution < 1.29 is 4.79 Å². The molecule has 1 aliphatic heterocycles. The highest BCUT2D eigenvalue weighted by atomic mass is 32.2. The molecule has 3 nitrogen and oxygen atoms in total. The van der Waals surface area contributed by atoms with Crippen LogP contribution in [-0.4, -0.2) is 18.7 Å². The molecule has 0 fully saturated rings. The van der Waals surface area contributed by atoms with Crippen molar-refractivity contribution in [3.05, 3.63) is 59.7 Å². The number of hydrogen-bond donors (Lipinski definition) is 2. The van der Waals surface area contributed by atoms with E-state index in [1.807, 2.05) is 36.0 Å². The summed E-state index contributed by atoms with van der Waals surface area (Å²) in [5, 5.41) is 6.16. The van der Waals surface area contributed by atoms with E-state index in [4.69, 9.17) is 0 Å². The number of nitrogens with one attached hydrogen (secondary N) is 2. The van der Waals surface area contributed by atoms with Gasteiger partial charge >= 0.3 is 0 Å². The first-order chi connectivity index (χ1) is 9.78. The second-order valence-corrected chi connectivity index (χ2v) is 5.77. The first-order valence-electron chi connectivity index (χ1n) is 6.58. The number of carbonyl (C=O) groups excluding carboxylic acids is 1. The van der Waals surface area contributed by atoms with Gasteiger partial charge in [0.2, 0.25) is 0 Å². The highest BCUT2D eigenvalue weighted by Crippen LogP contribution is 2.39. The summed E-state index contributed by atoms with van der Waals surface area (Å²) in [4.78, 5) is 13.0. The fourth-order valence-electron chi connectivity index (χ4n) is 2.38. The van der Waals surface area contributed by atoms with Gasteiger partial charge in [-0.15, -0.1) is 11.8 Å². The van der Waals surface area contributed by atoms with Crippen LogP contribution in [0.1, 0.15) is 22.0 Å². The zero-order chi connectivity index (χ0) is 13.9. The van der Waals surface area contributed by atoms with Crippen molar-refractivity contribution in [3.8, 4) is 0 Å². The SMILES string of the molecule is CNC(=O)c1cccc(NC2CSc3ccccc32)c1. The molecule has 0 bridgehead atoms. The topological polar surface area (TPSA) is 41.1 Å². The maximum Gasteiger partial charge on any atom is 0.251 e. The molecule has 20 heavy (non-hydrogen) atoms. The summed E-state index contributed by atoms with van der Waals surface area (Å²) in [6.45, 7) is 0. The third-order valence-corrected chi connectivity index (χ3v) is 4.58. The highest BCUT2D eigenvalue weighted by Gasteiger charge is 2.22. The van der Waals surface area contributed by atoms with Crippen molar-refractivity contribution >= 4 is 23.4 Å². The van der Waals surface area contributed by atoms with Gasteiger partial charge in [0.05, 0.1) is 6.04 Å². The number of hydrogen-bond acceptors (Lipinski definition) is 3. The van der Waals surface area contributed by atoms with E-state index in [-0.39, 0.29) is 5.91 Å². The molecule has 0 saturated carbocycles. The second-order valence-electron chi connectivity index (χ2n) is 4.71. The van der Waals surface area contributed by atoms with Gasteiger partial charge in [-0.05, 0) is 29.8 Å². The zero-order valence-electron chi connectivity index (χ0n) is 11.2. The summed E-state index contributed by atoms with van der Waals surface area (Å²) in [6, 6.07) is 16.4. The minimum Gasteiger partial charge on any atom is -0.377 e. The van der Waals surface area contributed by atoms with Gasteiger partial charge in [0.1, 0.15) is 0 Å². The van der Waals surface area contributed by atoms with Crippen LogP contribution in [0.2, 0.25) is 0 Å². The lowest BCUT2D eigenvalue weighted by Crippen LogP contribution is -2.18. The van der Waals surface area contributed by atoms with E-state index in [0.717, 1.165) is 11.4 Å². The smallest absolute Gasteiger partial charge is 0.251 e. The molecule has 1 heterocycles. The van der Waals surface area contributed by atoms with Crippen molar-refractivity contribution in [2.45, 2.75) is 10.9 Å². The van der Waals surface area contributed by atoms with Crippen LogP contribution in [0.5, 0.6) is 0 Å². The summed E-state index contributed by atoms with van der Waals surface area (Å²) in [6.07, 6.45) is 0. The highest BCUT2D eigenvalue weighted by molar-refractivity contribution is 7.99. The van der Waals surface area contributed by atoms with E-state index >= 15 is 0 Å². The molecule has 4 heteroatoms. The summed E-state index contributed by atoms with van der Waals surface area (Å²) >= 11 is 1.87. The van der Waals surface area contributed by atoms with Crippen LogP contribution in [-0.2, 0) is 0 Å². The van der Waals surface area contributed by atoms with E-state index in [2.05, 4.69) is 34.9 Å². The largest absolute Gasteiger partial charge is 0.377 e. The fourth-order valence-corrected chi connectivity index (χ4v) is 3.54. The molecule has 2 aromatic carbocycles. The van der Waals surface area contributed by atoms with Gasteiger partial charge in [-0.3, -0.25) is 4.79 Å². The van der Waals surface area contributed by atoms with Gasteiger partial charge in [0.15, 0.2) is 0 Å². The molecule has 1 aliphatic rings. The lowest BCUT2D eigenvalue weighted by molar-refractivity contribution is 0.0963. The first-order valence-corrected chi connectivity index (χ1v) is 7.57. The van der Waals surface area contributed by atoms with E-state index in [1.54, 1.807) is 7.05 Å². The van der Waals surface area contributed by atoms with E-state index in [1.165, 1.54) is 10.5 Å². The molecule has 102 valence electrons. The zero-order valence-corrected chi connectivity index (χ0v) is 12.0. The van der Waals surface area contributed by atoms with Crippen molar-refractivity contribution in [2.24, 2.45) is 0 Å². The van der Waals surface area contributed by atoms with Gasteiger partial charge in [-0.2, -0.15) is 0 Å². The van der Waals surface area contributed by atoms with Crippen LogP contribution >= 0.6 is 11.8 Å². The van der Waals surface area contributed by atoms with Gasteiger partial charge in [-0.25, -0.2) is 0 Å². The Hall–Kier alpha value is -1.94. The van der Waals surface area contributed by atoms with Crippen molar-refractivity contribution in [2.75, 3.05) is 18.1 Å². The molecule has 0 saturated heterocycles. The van der Waals surface area contributed by atoms with E-state index in [9.17, 15) is 4.79 Å². The molecular formula is C16H16N2OS. The molecule has 3 rings (SSSR count). The Morgan fingerprint density at radius 1 is 1.20 bits per heavy atom. The minimum absolute atomic E-state index is 0.0603. The van der Waals surface area contributed by atoms with Crippen LogP contribution in [0.15, 0.2) is 53.4 Å². The minimum atomic E-state index is -0.0603. The summed E-state index contributed by atoms with van der Waals surface area (Å²) in [5.41, 5.74) is 2.99. The lowest BCUT2D eigenvalue weighted by Gasteiger charge is -2.15. The summed E-state index contributed by atoms with van der Waals surface area (Å²) < 4.78 is 0. The maximum absolute atomic E-state index is 11.7. The Balaban J connectivity index is 1.81. The number of benzene rings is 2. The number of amides is 1. The van der Waals surface area contributed by atoms with Crippen LogP contribution in [0, 0.1) is 0 Å². The molecule has 0 radical (unpaired) electrons. The molecule has 2 aromatic rings. The number of carbonyl (C=O) groups is 1. The van der Waals surface area contributed by atoms with Crippen LogP contribution in [0.4, 0.5) is 5.69 Å². The molecule has 1 unspecified atom stereocenters. The molecule has 1 atom stereocenters. The van der Waals surface area contributed by atoms with Gasteiger partial charge in [-0.1, -0.05) is 24.3 Å². The predicted octanol–water partition coefficient (Wildman–Crippen LogP) is 3.31. The number of rotatable bonds is 3. The maximum atomic E-state index is 11.7. The summed E-state index contributed by atoms with van der Waals surface area (Å²) in [5.74, 6) is 0.957. The Labute approximate surface area is 122 Å². The average Bonchev–Trinajstić information content (AvgIpc) is 2.90. The lowest BCUT2D eigenvalue weighted by atomic mass is 10.1. The monoisotopic (exact) mass is 284 g/mol. The van der Waals surface area contributed by atoms with Crippen molar-refractivity contribution in [1.82, 2.24) is 5.32 Å². The van der Waals surface area contributed by atoms with Gasteiger partial charge in [0.25, 0.3) is 5.91 Å². The van der Waals surface area contributed by atoms with E-state index < -0.39 is 0 Å². The third kappa shape index (κ3) is 2.51. The third-order valence-electron chi connectivity index (χ3n) is 3.39. The molecule has 0 spiro atoms. The number of anilines is 1. The van der Waals surface area contributed by atoms with Crippen LogP contribution in [0.25, 0.3) is 0 Å². The molecule has 1 amide bonds. The van der Waals surface area contributed by atoms with Crippen LogP contribution < -0.4 is 10.6 Å². The summed E-state index contributed by atoms with van der Waals surface area (Å²) in [7, 11) is 1.65. The quantitative estimate of drug-likeness (QED) is 0.908. The molecular weight excluding hydrogens is 268 g/mol. The van der Waals surface area contributed by atoms with Gasteiger partial charge < -0.3 is 10.6 Å². The fraction of sp³-hybridized carbons (Fsp3) is 0.188. The molecule has 0 aliphatic carbocycles. The van der Waals surface area contributed by atoms with Gasteiger partial charge in [0, 0.05) is 28.9 Å². The second kappa shape index (κ2) is 5.59. The standard InChI is InChI=1S/C16H16N2OS/c1-17-16(19)11-5-4-6-12(9-11)18-14-10-20-15-8-3-2-7-13(14)15/h2-9,14,18H,10H2,1H3,(H,17,19). The molecule has 0 aromatic heterocycles. The number of fused-ring (bicyclic) bond motifs is 1. The van der Waals surface area contributed by atoms with Crippen LogP contribution in [0.3, 0.4) is 0 Å². The Morgan fingerprint density at radius 3 is 2.90 bits per heavy atom. The first kappa shape index (κ1) is 13.1. The normalized spacial score (nSPS) is 16.6. The van der Waals surface area contributed by atoms with E-state index in [0.29, 0.717) is 11.6 Å². The molecule has 2 N–H and O–H groups in total. The predicted molar refractivity (Wildman–Crippen MR) is 83.4 cm³/mol. The number of thioether (sulfide) groups is 1. The Morgan fingerprint density at radius 2 is 2.05 bits per heavy atom. The van der Waals surface area contributed by atoms with Crippen molar-refractivity contribution in [1.29, 1.82) is 0 Å². The Kier molecular flexibility index (Phi) is 3.65.